The van der Waals surface area contributed by atoms with Gasteiger partial charge in [-0.3, -0.25) is 0 Å². The summed E-state index contributed by atoms with van der Waals surface area (Å²) in [5, 5.41) is 10.9. The Morgan fingerprint density at radius 1 is 1.24 bits per heavy atom. The third-order valence-electron chi connectivity index (χ3n) is 3.19. The second-order valence-electron chi connectivity index (χ2n) is 4.82. The Bertz CT molecular complexity index is 569. The molecule has 0 saturated carbocycles. The van der Waals surface area contributed by atoms with Crippen LogP contribution in [0.25, 0.3) is 0 Å². The predicted molar refractivity (Wildman–Crippen MR) is 78.1 cm³/mol. The molecule has 0 saturated heterocycles. The van der Waals surface area contributed by atoms with Gasteiger partial charge in [0.1, 0.15) is 23.7 Å². The first kappa shape index (κ1) is 15.5. The van der Waals surface area contributed by atoms with Crippen LogP contribution in [0.15, 0.2) is 22.8 Å². The molecule has 21 heavy (non-hydrogen) atoms. The van der Waals surface area contributed by atoms with Gasteiger partial charge in [-0.1, -0.05) is 28.5 Å². The normalized spacial score (nSPS) is 10.8. The van der Waals surface area contributed by atoms with Crippen molar-refractivity contribution in [2.24, 2.45) is 0 Å². The number of rotatable bonds is 8. The summed E-state index contributed by atoms with van der Waals surface area (Å²) in [5.74, 6) is 0.879. The van der Waals surface area contributed by atoms with E-state index in [4.69, 9.17) is 9.47 Å². The smallest absolute Gasteiger partial charge is 0.145 e. The highest BCUT2D eigenvalue weighted by molar-refractivity contribution is 5.40. The van der Waals surface area contributed by atoms with Crippen LogP contribution in [0.5, 0.6) is 5.75 Å². The standard InChI is InChI=1S/C15H21N3O3/c1-11-5-4-6-13(9-16-7-8-19-3)15(11)20-10-14-12(2)17-21-18-14/h4-6,16H,7-10H2,1-3H3. The number of aromatic nitrogens is 2. The summed E-state index contributed by atoms with van der Waals surface area (Å²) in [6.45, 7) is 6.45. The first-order chi connectivity index (χ1) is 10.2. The zero-order valence-corrected chi connectivity index (χ0v) is 12.7. The van der Waals surface area contributed by atoms with E-state index in [0.29, 0.717) is 13.2 Å². The van der Waals surface area contributed by atoms with Crippen molar-refractivity contribution in [3.63, 3.8) is 0 Å². The van der Waals surface area contributed by atoms with E-state index in [1.54, 1.807) is 7.11 Å². The molecule has 0 unspecified atom stereocenters. The molecule has 0 fully saturated rings. The second kappa shape index (κ2) is 7.75. The van der Waals surface area contributed by atoms with Crippen LogP contribution in [0.4, 0.5) is 0 Å². The van der Waals surface area contributed by atoms with Crippen LogP contribution in [0, 0.1) is 13.8 Å². The Balaban J connectivity index is 2.01. The number of ether oxygens (including phenoxy) is 2. The van der Waals surface area contributed by atoms with Crippen LogP contribution in [0.3, 0.4) is 0 Å². The molecular formula is C15H21N3O3. The minimum atomic E-state index is 0.352. The average Bonchev–Trinajstić information content (AvgIpc) is 2.88. The number of nitrogens with zero attached hydrogens (tertiary/aromatic N) is 2. The molecule has 0 bridgehead atoms. The number of hydrogen-bond acceptors (Lipinski definition) is 6. The molecule has 0 atom stereocenters. The van der Waals surface area contributed by atoms with E-state index >= 15 is 0 Å². The molecule has 2 rings (SSSR count). The van der Waals surface area contributed by atoms with Gasteiger partial charge in [-0.25, -0.2) is 4.63 Å². The number of hydrogen-bond donors (Lipinski definition) is 1. The van der Waals surface area contributed by atoms with Crippen molar-refractivity contribution in [3.05, 3.63) is 40.7 Å². The molecule has 114 valence electrons. The summed E-state index contributed by atoms with van der Waals surface area (Å²) in [4.78, 5) is 0. The predicted octanol–water partition coefficient (Wildman–Crippen LogP) is 2.00. The molecule has 0 spiro atoms. The zero-order valence-electron chi connectivity index (χ0n) is 12.7. The van der Waals surface area contributed by atoms with Gasteiger partial charge >= 0.3 is 0 Å². The highest BCUT2D eigenvalue weighted by Crippen LogP contribution is 2.24. The van der Waals surface area contributed by atoms with Crippen molar-refractivity contribution < 1.29 is 14.1 Å². The van der Waals surface area contributed by atoms with Crippen molar-refractivity contribution in [1.82, 2.24) is 15.6 Å². The van der Waals surface area contributed by atoms with Crippen LogP contribution >= 0.6 is 0 Å². The van der Waals surface area contributed by atoms with Crippen LogP contribution in [0.2, 0.25) is 0 Å². The Labute approximate surface area is 124 Å². The maximum Gasteiger partial charge on any atom is 0.145 e. The van der Waals surface area contributed by atoms with Gasteiger partial charge in [0.2, 0.25) is 0 Å². The third-order valence-corrected chi connectivity index (χ3v) is 3.19. The van der Waals surface area contributed by atoms with Gasteiger partial charge in [-0.15, -0.1) is 0 Å². The number of benzene rings is 1. The maximum atomic E-state index is 5.92. The van der Waals surface area contributed by atoms with E-state index in [1.165, 1.54) is 0 Å². The molecule has 6 heteroatoms. The fourth-order valence-corrected chi connectivity index (χ4v) is 1.98. The molecule has 6 nitrogen and oxygen atoms in total. The lowest BCUT2D eigenvalue weighted by atomic mass is 10.1. The van der Waals surface area contributed by atoms with Crippen molar-refractivity contribution >= 4 is 0 Å². The zero-order chi connectivity index (χ0) is 15.1. The minimum Gasteiger partial charge on any atom is -0.486 e. The molecule has 0 amide bonds. The summed E-state index contributed by atoms with van der Waals surface area (Å²) in [6, 6.07) is 6.11. The first-order valence-corrected chi connectivity index (χ1v) is 6.91. The lowest BCUT2D eigenvalue weighted by Crippen LogP contribution is -2.19. The molecule has 1 heterocycles. The Morgan fingerprint density at radius 3 is 2.81 bits per heavy atom. The van der Waals surface area contributed by atoms with Gasteiger partial charge in [0.25, 0.3) is 0 Å². The molecule has 0 aliphatic heterocycles. The van der Waals surface area contributed by atoms with Gasteiger partial charge in [-0.2, -0.15) is 0 Å². The van der Waals surface area contributed by atoms with Crippen LogP contribution in [0.1, 0.15) is 22.5 Å². The van der Waals surface area contributed by atoms with E-state index in [1.807, 2.05) is 26.0 Å². The fraction of sp³-hybridized carbons (Fsp3) is 0.467. The van der Waals surface area contributed by atoms with Crippen LogP contribution in [-0.4, -0.2) is 30.6 Å². The molecule has 0 radical (unpaired) electrons. The summed E-state index contributed by atoms with van der Waals surface area (Å²) < 4.78 is 15.6. The first-order valence-electron chi connectivity index (χ1n) is 6.91. The molecule has 0 aliphatic carbocycles. The molecule has 0 aliphatic rings. The highest BCUT2D eigenvalue weighted by atomic mass is 16.6. The second-order valence-corrected chi connectivity index (χ2v) is 4.82. The summed E-state index contributed by atoms with van der Waals surface area (Å²) in [6.07, 6.45) is 0. The van der Waals surface area contributed by atoms with Gasteiger partial charge in [0.05, 0.1) is 6.61 Å². The van der Waals surface area contributed by atoms with E-state index < -0.39 is 0 Å². The highest BCUT2D eigenvalue weighted by Gasteiger charge is 2.10. The number of nitrogens with one attached hydrogen (secondary N) is 1. The molecule has 2 aromatic rings. The third kappa shape index (κ3) is 4.27. The molecule has 1 aromatic carbocycles. The van der Waals surface area contributed by atoms with Gasteiger partial charge in [0, 0.05) is 25.8 Å². The lowest BCUT2D eigenvalue weighted by Gasteiger charge is -2.14. The molecule has 1 aromatic heterocycles. The van der Waals surface area contributed by atoms with Gasteiger partial charge < -0.3 is 14.8 Å². The van der Waals surface area contributed by atoms with Crippen LogP contribution < -0.4 is 10.1 Å². The Morgan fingerprint density at radius 2 is 2.10 bits per heavy atom. The monoisotopic (exact) mass is 291 g/mol. The van der Waals surface area contributed by atoms with Crippen molar-refractivity contribution in [2.75, 3.05) is 20.3 Å². The number of aryl methyl sites for hydroxylation is 2. The summed E-state index contributed by atoms with van der Waals surface area (Å²) >= 11 is 0. The van der Waals surface area contributed by atoms with Gasteiger partial charge in [0.15, 0.2) is 0 Å². The largest absolute Gasteiger partial charge is 0.486 e. The number of para-hydroxylation sites is 1. The molecular weight excluding hydrogens is 270 g/mol. The topological polar surface area (TPSA) is 69.4 Å². The van der Waals surface area contributed by atoms with E-state index in [-0.39, 0.29) is 0 Å². The van der Waals surface area contributed by atoms with E-state index in [0.717, 1.165) is 41.4 Å². The van der Waals surface area contributed by atoms with E-state index in [9.17, 15) is 0 Å². The summed E-state index contributed by atoms with van der Waals surface area (Å²) in [7, 11) is 1.69. The fourth-order valence-electron chi connectivity index (χ4n) is 1.98. The van der Waals surface area contributed by atoms with E-state index in [2.05, 4.69) is 26.3 Å². The quantitative estimate of drug-likeness (QED) is 0.750. The minimum absolute atomic E-state index is 0.352. The molecule has 1 N–H and O–H groups in total. The maximum absolute atomic E-state index is 5.92. The Hall–Kier alpha value is -1.92. The van der Waals surface area contributed by atoms with Gasteiger partial charge in [-0.05, 0) is 19.4 Å². The average molecular weight is 291 g/mol. The SMILES string of the molecule is COCCNCc1cccc(C)c1OCc1nonc1C. The number of methoxy groups -OCH3 is 1. The summed E-state index contributed by atoms with van der Waals surface area (Å²) in [5.41, 5.74) is 3.68. The Kier molecular flexibility index (Phi) is 5.71. The van der Waals surface area contributed by atoms with Crippen LogP contribution in [-0.2, 0) is 17.9 Å². The van der Waals surface area contributed by atoms with Crippen molar-refractivity contribution in [3.8, 4) is 5.75 Å². The lowest BCUT2D eigenvalue weighted by molar-refractivity contribution is 0.199. The van der Waals surface area contributed by atoms with Crippen molar-refractivity contribution in [2.45, 2.75) is 27.0 Å². The van der Waals surface area contributed by atoms with Crippen molar-refractivity contribution in [1.29, 1.82) is 0 Å².